The van der Waals surface area contributed by atoms with E-state index in [1.54, 1.807) is 6.20 Å². The summed E-state index contributed by atoms with van der Waals surface area (Å²) in [7, 11) is 2.06. The molecule has 0 saturated heterocycles. The van der Waals surface area contributed by atoms with Gasteiger partial charge in [-0.25, -0.2) is 4.68 Å². The summed E-state index contributed by atoms with van der Waals surface area (Å²) < 4.78 is 1.99. The zero-order chi connectivity index (χ0) is 17.8. The van der Waals surface area contributed by atoms with Crippen LogP contribution >= 0.6 is 0 Å². The highest BCUT2D eigenvalue weighted by Crippen LogP contribution is 2.31. The second-order valence-corrected chi connectivity index (χ2v) is 7.39. The molecule has 2 N–H and O–H groups in total. The van der Waals surface area contributed by atoms with Crippen molar-refractivity contribution in [1.82, 2.24) is 9.78 Å². The fourth-order valence-electron chi connectivity index (χ4n) is 3.75. The highest BCUT2D eigenvalue weighted by Gasteiger charge is 2.21. The Bertz CT molecular complexity index is 731. The van der Waals surface area contributed by atoms with Crippen molar-refractivity contribution >= 4 is 11.7 Å². The van der Waals surface area contributed by atoms with Gasteiger partial charge in [0.1, 0.15) is 12.4 Å². The Morgan fingerprint density at radius 3 is 2.76 bits per heavy atom. The van der Waals surface area contributed by atoms with E-state index in [1.165, 1.54) is 34.4 Å². The van der Waals surface area contributed by atoms with E-state index in [4.69, 9.17) is 0 Å². The largest absolute Gasteiger partial charge is 0.326 e. The lowest BCUT2D eigenvalue weighted by Crippen LogP contribution is -3.08. The van der Waals surface area contributed by atoms with Crippen molar-refractivity contribution in [2.24, 2.45) is 0 Å². The molecule has 1 aromatic carbocycles. The summed E-state index contributed by atoms with van der Waals surface area (Å²) in [5.41, 5.74) is 3.86. The molecule has 0 aliphatic heterocycles. The lowest BCUT2D eigenvalue weighted by atomic mass is 10.1. The maximum atomic E-state index is 12.4. The normalized spacial score (nSPS) is 16.1. The van der Waals surface area contributed by atoms with E-state index in [0.717, 1.165) is 25.2 Å². The fourth-order valence-corrected chi connectivity index (χ4v) is 3.75. The zero-order valence-electron chi connectivity index (χ0n) is 15.5. The van der Waals surface area contributed by atoms with Crippen molar-refractivity contribution in [1.29, 1.82) is 0 Å². The van der Waals surface area contributed by atoms with Gasteiger partial charge in [-0.15, -0.1) is 0 Å². The molecule has 1 unspecified atom stereocenters. The van der Waals surface area contributed by atoms with Gasteiger partial charge in [0.05, 0.1) is 19.3 Å². The molecule has 1 amide bonds. The number of quaternary nitrogens is 1. The molecule has 1 aliphatic carbocycles. The number of likely N-dealkylation sites (N-methyl/N-ethyl adjacent to an activating group) is 1. The number of carbonyl (C=O) groups is 1. The van der Waals surface area contributed by atoms with E-state index in [1.807, 2.05) is 10.7 Å². The number of anilines is 1. The number of hydrogen-bond donors (Lipinski definition) is 2. The molecule has 0 spiro atoms. The minimum Gasteiger partial charge on any atom is -0.326 e. The molecule has 134 valence electrons. The van der Waals surface area contributed by atoms with Crippen LogP contribution in [0.15, 0.2) is 30.5 Å². The summed E-state index contributed by atoms with van der Waals surface area (Å²) >= 11 is 0. The van der Waals surface area contributed by atoms with Crippen LogP contribution in [0.25, 0.3) is 0 Å². The molecule has 1 aromatic heterocycles. The van der Waals surface area contributed by atoms with Crippen LogP contribution in [0, 0.1) is 13.8 Å². The molecular formula is C20H29N4O+. The molecule has 1 aliphatic rings. The lowest BCUT2D eigenvalue weighted by Gasteiger charge is -2.17. The third-order valence-electron chi connectivity index (χ3n) is 5.06. The number of nitrogens with zero attached hydrogens (tertiary/aromatic N) is 2. The second kappa shape index (κ2) is 7.83. The molecule has 1 atom stereocenters. The minimum atomic E-state index is 0.0435. The predicted molar refractivity (Wildman–Crippen MR) is 99.7 cm³/mol. The monoisotopic (exact) mass is 341 g/mol. The topological polar surface area (TPSA) is 51.4 Å². The Kier molecular flexibility index (Phi) is 5.53. The van der Waals surface area contributed by atoms with Gasteiger partial charge in [0.2, 0.25) is 0 Å². The number of aromatic nitrogens is 2. The van der Waals surface area contributed by atoms with Gasteiger partial charge in [0.25, 0.3) is 5.91 Å². The highest BCUT2D eigenvalue weighted by atomic mass is 16.2. The van der Waals surface area contributed by atoms with Gasteiger partial charge >= 0.3 is 0 Å². The van der Waals surface area contributed by atoms with Crippen molar-refractivity contribution < 1.29 is 9.69 Å². The number of amides is 1. The molecule has 2 aromatic rings. The van der Waals surface area contributed by atoms with Crippen molar-refractivity contribution in [3.8, 4) is 0 Å². The highest BCUT2D eigenvalue weighted by molar-refractivity contribution is 5.90. The average Bonchev–Trinajstić information content (AvgIpc) is 3.20. The lowest BCUT2D eigenvalue weighted by molar-refractivity contribution is -0.885. The van der Waals surface area contributed by atoms with Gasteiger partial charge in [0, 0.05) is 11.6 Å². The van der Waals surface area contributed by atoms with Crippen LogP contribution in [0.1, 0.15) is 48.4 Å². The molecular weight excluding hydrogens is 312 g/mol. The van der Waals surface area contributed by atoms with Crippen molar-refractivity contribution in [3.05, 3.63) is 47.2 Å². The SMILES string of the molecule is Cc1ccc(C[NH+](C)CC(=O)Nc2ccnn2C2CCCC2)c(C)c1. The Labute approximate surface area is 150 Å². The van der Waals surface area contributed by atoms with Gasteiger partial charge in [-0.3, -0.25) is 4.79 Å². The van der Waals surface area contributed by atoms with Crippen molar-refractivity contribution in [2.45, 2.75) is 52.1 Å². The summed E-state index contributed by atoms with van der Waals surface area (Å²) in [6.07, 6.45) is 6.59. The molecule has 3 rings (SSSR count). The second-order valence-electron chi connectivity index (χ2n) is 7.39. The number of rotatable bonds is 6. The average molecular weight is 341 g/mol. The van der Waals surface area contributed by atoms with Gasteiger partial charge < -0.3 is 10.2 Å². The smallest absolute Gasteiger partial charge is 0.280 e. The quantitative estimate of drug-likeness (QED) is 0.847. The Morgan fingerprint density at radius 2 is 2.04 bits per heavy atom. The van der Waals surface area contributed by atoms with Gasteiger partial charge in [-0.05, 0) is 32.3 Å². The summed E-state index contributed by atoms with van der Waals surface area (Å²) in [6, 6.07) is 8.83. The van der Waals surface area contributed by atoms with Gasteiger partial charge in [0.15, 0.2) is 6.54 Å². The van der Waals surface area contributed by atoms with Crippen LogP contribution in [0.4, 0.5) is 5.82 Å². The van der Waals surface area contributed by atoms with E-state index in [2.05, 4.69) is 49.5 Å². The summed E-state index contributed by atoms with van der Waals surface area (Å²) in [6.45, 7) is 5.54. The molecule has 25 heavy (non-hydrogen) atoms. The fraction of sp³-hybridized carbons (Fsp3) is 0.500. The molecule has 5 heteroatoms. The van der Waals surface area contributed by atoms with Crippen LogP contribution in [0.5, 0.6) is 0 Å². The summed E-state index contributed by atoms with van der Waals surface area (Å²) in [4.78, 5) is 13.6. The van der Waals surface area contributed by atoms with E-state index >= 15 is 0 Å². The molecule has 1 fully saturated rings. The Morgan fingerprint density at radius 1 is 1.28 bits per heavy atom. The van der Waals surface area contributed by atoms with E-state index in [0.29, 0.717) is 12.6 Å². The van der Waals surface area contributed by atoms with Crippen molar-refractivity contribution in [2.75, 3.05) is 18.9 Å². The Balaban J connectivity index is 1.56. The number of carbonyl (C=O) groups excluding carboxylic acids is 1. The maximum Gasteiger partial charge on any atom is 0.280 e. The van der Waals surface area contributed by atoms with Crippen LogP contribution in [0.2, 0.25) is 0 Å². The van der Waals surface area contributed by atoms with E-state index in [9.17, 15) is 4.79 Å². The molecule has 0 radical (unpaired) electrons. The predicted octanol–water partition coefficient (Wildman–Crippen LogP) is 2.27. The number of aryl methyl sites for hydroxylation is 2. The van der Waals surface area contributed by atoms with E-state index < -0.39 is 0 Å². The minimum absolute atomic E-state index is 0.0435. The number of benzene rings is 1. The molecule has 5 nitrogen and oxygen atoms in total. The zero-order valence-corrected chi connectivity index (χ0v) is 15.5. The third kappa shape index (κ3) is 4.48. The number of hydrogen-bond acceptors (Lipinski definition) is 2. The van der Waals surface area contributed by atoms with Crippen LogP contribution in [-0.2, 0) is 11.3 Å². The summed E-state index contributed by atoms with van der Waals surface area (Å²) in [5.74, 6) is 0.873. The molecule has 1 heterocycles. The first-order valence-electron chi connectivity index (χ1n) is 9.23. The van der Waals surface area contributed by atoms with Gasteiger partial charge in [-0.1, -0.05) is 36.6 Å². The van der Waals surface area contributed by atoms with Crippen molar-refractivity contribution in [3.63, 3.8) is 0 Å². The molecule has 0 bridgehead atoms. The van der Waals surface area contributed by atoms with Crippen LogP contribution in [0.3, 0.4) is 0 Å². The Hall–Kier alpha value is -2.14. The first kappa shape index (κ1) is 17.7. The summed E-state index contributed by atoms with van der Waals surface area (Å²) in [5, 5.41) is 7.46. The third-order valence-corrected chi connectivity index (χ3v) is 5.06. The van der Waals surface area contributed by atoms with Gasteiger partial charge in [-0.2, -0.15) is 5.10 Å². The first-order chi connectivity index (χ1) is 12.0. The number of nitrogens with one attached hydrogen (secondary N) is 2. The van der Waals surface area contributed by atoms with Crippen LogP contribution in [-0.4, -0.2) is 29.3 Å². The van der Waals surface area contributed by atoms with Crippen LogP contribution < -0.4 is 10.2 Å². The maximum absolute atomic E-state index is 12.4. The molecule has 1 saturated carbocycles. The van der Waals surface area contributed by atoms with E-state index in [-0.39, 0.29) is 5.91 Å². The standard InChI is InChI=1S/C20H28N4O/c1-15-8-9-17(16(2)12-15)13-23(3)14-20(25)22-19-10-11-21-24(19)18-6-4-5-7-18/h8-12,18H,4-7,13-14H2,1-3H3,(H,22,25)/p+1. The first-order valence-corrected chi connectivity index (χ1v) is 9.23.